The topological polar surface area (TPSA) is 46.2 Å². The van der Waals surface area contributed by atoms with Crippen LogP contribution in [0.5, 0.6) is 0 Å². The first-order valence-electron chi connectivity index (χ1n) is 3.10. The molecule has 0 aliphatic rings. The van der Waals surface area contributed by atoms with Crippen molar-refractivity contribution in [3.63, 3.8) is 0 Å². The van der Waals surface area contributed by atoms with Crippen LogP contribution in [0.3, 0.4) is 0 Å². The van der Waals surface area contributed by atoms with Crippen molar-refractivity contribution in [1.82, 2.24) is 0 Å². The van der Waals surface area contributed by atoms with Gasteiger partial charge >= 0.3 is 0 Å². The van der Waals surface area contributed by atoms with E-state index in [1.807, 2.05) is 13.8 Å². The fourth-order valence-electron chi connectivity index (χ4n) is 0.504. The van der Waals surface area contributed by atoms with Gasteiger partial charge in [0, 0.05) is 6.54 Å². The van der Waals surface area contributed by atoms with Crippen molar-refractivity contribution in [2.45, 2.75) is 26.4 Å². The Bertz CT molecular complexity index is 48.5. The molecule has 0 amide bonds. The summed E-state index contributed by atoms with van der Waals surface area (Å²) in [5.41, 5.74) is 5.20. The van der Waals surface area contributed by atoms with Gasteiger partial charge in [-0.1, -0.05) is 20.3 Å². The van der Waals surface area contributed by atoms with Gasteiger partial charge in [-0.05, 0) is 5.92 Å². The Balaban J connectivity index is 3.29. The smallest absolute Gasteiger partial charge is 0.0687 e. The molecule has 2 nitrogen and oxygen atoms in total. The van der Waals surface area contributed by atoms with Crippen LogP contribution in [0.25, 0.3) is 0 Å². The van der Waals surface area contributed by atoms with Crippen molar-refractivity contribution in [2.24, 2.45) is 11.7 Å². The second kappa shape index (κ2) is 3.87. The maximum Gasteiger partial charge on any atom is 0.0687 e. The predicted octanol–water partition coefficient (Wildman–Crippen LogP) is 0.352. The molecule has 0 spiro atoms. The van der Waals surface area contributed by atoms with E-state index in [0.29, 0.717) is 12.5 Å². The standard InChI is InChI=1S/C6H15NO/c1-3-5(2)6(8)4-7/h5-6,8H,3-4,7H2,1-2H3/t5-,6+/m1/s1. The highest BCUT2D eigenvalue weighted by Gasteiger charge is 2.07. The van der Waals surface area contributed by atoms with Gasteiger partial charge in [-0.2, -0.15) is 0 Å². The minimum Gasteiger partial charge on any atom is -0.392 e. The molecule has 0 bridgehead atoms. The molecular weight excluding hydrogens is 102 g/mol. The van der Waals surface area contributed by atoms with E-state index < -0.39 is 0 Å². The fraction of sp³-hybridized carbons (Fsp3) is 1.00. The summed E-state index contributed by atoms with van der Waals surface area (Å²) in [7, 11) is 0. The van der Waals surface area contributed by atoms with Gasteiger partial charge in [-0.3, -0.25) is 0 Å². The van der Waals surface area contributed by atoms with Crippen molar-refractivity contribution >= 4 is 0 Å². The quantitative estimate of drug-likeness (QED) is 0.560. The summed E-state index contributed by atoms with van der Waals surface area (Å²) in [6.45, 7) is 4.43. The molecule has 0 aliphatic carbocycles. The summed E-state index contributed by atoms with van der Waals surface area (Å²) in [6.07, 6.45) is 0.693. The number of nitrogens with two attached hydrogens (primary N) is 1. The zero-order valence-electron chi connectivity index (χ0n) is 5.59. The van der Waals surface area contributed by atoms with Gasteiger partial charge in [0.05, 0.1) is 6.10 Å². The molecule has 0 aromatic carbocycles. The number of rotatable bonds is 3. The summed E-state index contributed by atoms with van der Waals surface area (Å²) in [5, 5.41) is 9.00. The Morgan fingerprint density at radius 2 is 2.12 bits per heavy atom. The lowest BCUT2D eigenvalue weighted by molar-refractivity contribution is 0.122. The largest absolute Gasteiger partial charge is 0.392 e. The van der Waals surface area contributed by atoms with Gasteiger partial charge in [0.25, 0.3) is 0 Å². The Morgan fingerprint density at radius 3 is 2.25 bits per heavy atom. The lowest BCUT2D eigenvalue weighted by atomic mass is 10.0. The molecule has 3 N–H and O–H groups in total. The van der Waals surface area contributed by atoms with Gasteiger partial charge in [0.15, 0.2) is 0 Å². The summed E-state index contributed by atoms with van der Waals surface area (Å²) < 4.78 is 0. The van der Waals surface area contributed by atoms with Crippen molar-refractivity contribution in [3.05, 3.63) is 0 Å². The monoisotopic (exact) mass is 117 g/mol. The van der Waals surface area contributed by atoms with Crippen molar-refractivity contribution in [1.29, 1.82) is 0 Å². The van der Waals surface area contributed by atoms with Crippen LogP contribution in [0.2, 0.25) is 0 Å². The van der Waals surface area contributed by atoms with Crippen molar-refractivity contribution in [3.8, 4) is 0 Å². The molecule has 2 heteroatoms. The van der Waals surface area contributed by atoms with Crippen LogP contribution in [0.1, 0.15) is 20.3 Å². The van der Waals surface area contributed by atoms with Crippen LogP contribution in [0.4, 0.5) is 0 Å². The normalized spacial score (nSPS) is 18.0. The molecule has 50 valence electrons. The Kier molecular flexibility index (Phi) is 3.83. The van der Waals surface area contributed by atoms with Crippen LogP contribution in [0, 0.1) is 5.92 Å². The molecule has 0 rings (SSSR count). The highest BCUT2D eigenvalue weighted by molar-refractivity contribution is 4.61. The summed E-state index contributed by atoms with van der Waals surface area (Å²) >= 11 is 0. The van der Waals surface area contributed by atoms with E-state index >= 15 is 0 Å². The van der Waals surface area contributed by atoms with Crippen LogP contribution in [-0.2, 0) is 0 Å². The first-order chi connectivity index (χ1) is 3.72. The number of aliphatic hydroxyl groups is 1. The lowest BCUT2D eigenvalue weighted by Gasteiger charge is -2.13. The Labute approximate surface area is 50.7 Å². The van der Waals surface area contributed by atoms with Gasteiger partial charge in [0.1, 0.15) is 0 Å². The minimum absolute atomic E-state index is 0.306. The van der Waals surface area contributed by atoms with Gasteiger partial charge < -0.3 is 10.8 Å². The highest BCUT2D eigenvalue weighted by Crippen LogP contribution is 2.04. The first-order valence-corrected chi connectivity index (χ1v) is 3.10. The zero-order chi connectivity index (χ0) is 6.57. The maximum absolute atomic E-state index is 9.00. The molecule has 0 saturated carbocycles. The molecule has 0 aromatic rings. The maximum atomic E-state index is 9.00. The zero-order valence-corrected chi connectivity index (χ0v) is 5.59. The fourth-order valence-corrected chi connectivity index (χ4v) is 0.504. The van der Waals surface area contributed by atoms with Crippen LogP contribution < -0.4 is 5.73 Å². The van der Waals surface area contributed by atoms with Crippen LogP contribution >= 0.6 is 0 Å². The third-order valence-corrected chi connectivity index (χ3v) is 1.54. The Morgan fingerprint density at radius 1 is 1.62 bits per heavy atom. The van der Waals surface area contributed by atoms with E-state index in [2.05, 4.69) is 0 Å². The molecule has 0 saturated heterocycles. The third-order valence-electron chi connectivity index (χ3n) is 1.54. The van der Waals surface area contributed by atoms with Gasteiger partial charge in [-0.25, -0.2) is 0 Å². The molecule has 0 radical (unpaired) electrons. The summed E-state index contributed by atoms with van der Waals surface area (Å²) in [5.74, 6) is 0.347. The molecule has 0 aliphatic heterocycles. The molecule has 2 atom stereocenters. The first kappa shape index (κ1) is 7.92. The van der Waals surface area contributed by atoms with E-state index in [1.54, 1.807) is 0 Å². The SMILES string of the molecule is CC[C@@H](C)[C@@H](O)CN. The summed E-state index contributed by atoms with van der Waals surface area (Å²) in [4.78, 5) is 0. The molecular formula is C6H15NO. The van der Waals surface area contributed by atoms with Gasteiger partial charge in [-0.15, -0.1) is 0 Å². The average molecular weight is 117 g/mol. The van der Waals surface area contributed by atoms with E-state index in [9.17, 15) is 0 Å². The van der Waals surface area contributed by atoms with E-state index in [-0.39, 0.29) is 6.10 Å². The molecule has 0 fully saturated rings. The highest BCUT2D eigenvalue weighted by atomic mass is 16.3. The lowest BCUT2D eigenvalue weighted by Crippen LogP contribution is -2.26. The minimum atomic E-state index is -0.306. The molecule has 0 unspecified atom stereocenters. The van der Waals surface area contributed by atoms with Crippen LogP contribution in [-0.4, -0.2) is 17.8 Å². The van der Waals surface area contributed by atoms with Crippen molar-refractivity contribution < 1.29 is 5.11 Å². The van der Waals surface area contributed by atoms with E-state index in [1.165, 1.54) is 0 Å². The number of hydrogen-bond donors (Lipinski definition) is 2. The number of aliphatic hydroxyl groups excluding tert-OH is 1. The Hall–Kier alpha value is -0.0800. The van der Waals surface area contributed by atoms with E-state index in [0.717, 1.165) is 6.42 Å². The number of hydrogen-bond acceptors (Lipinski definition) is 2. The average Bonchev–Trinajstić information content (AvgIpc) is 1.84. The second-order valence-corrected chi connectivity index (χ2v) is 2.19. The molecule has 8 heavy (non-hydrogen) atoms. The second-order valence-electron chi connectivity index (χ2n) is 2.19. The molecule has 0 aromatic heterocycles. The van der Waals surface area contributed by atoms with Gasteiger partial charge in [0.2, 0.25) is 0 Å². The predicted molar refractivity (Wildman–Crippen MR) is 34.5 cm³/mol. The van der Waals surface area contributed by atoms with Crippen molar-refractivity contribution in [2.75, 3.05) is 6.54 Å². The van der Waals surface area contributed by atoms with E-state index in [4.69, 9.17) is 10.8 Å². The molecule has 0 heterocycles. The van der Waals surface area contributed by atoms with Crippen LogP contribution in [0.15, 0.2) is 0 Å². The third kappa shape index (κ3) is 2.28. The summed E-state index contributed by atoms with van der Waals surface area (Å²) in [6, 6.07) is 0.